The van der Waals surface area contributed by atoms with E-state index < -0.39 is 0 Å². The monoisotopic (exact) mass is 189 g/mol. The molecule has 0 saturated carbocycles. The van der Waals surface area contributed by atoms with E-state index in [-0.39, 0.29) is 5.82 Å². The first-order chi connectivity index (χ1) is 6.74. The Hall–Kier alpha value is -1.31. The topological polar surface area (TPSA) is 4.93 Å². The van der Waals surface area contributed by atoms with Gasteiger partial charge in [-0.3, -0.25) is 0 Å². The third-order valence-electron chi connectivity index (χ3n) is 2.98. The summed E-state index contributed by atoms with van der Waals surface area (Å²) in [5.41, 5.74) is 2.38. The van der Waals surface area contributed by atoms with Crippen molar-refractivity contribution in [1.82, 2.24) is 4.57 Å². The maximum absolute atomic E-state index is 13.2. The average Bonchev–Trinajstić information content (AvgIpc) is 2.48. The van der Waals surface area contributed by atoms with Gasteiger partial charge < -0.3 is 4.57 Å². The van der Waals surface area contributed by atoms with Gasteiger partial charge in [0.15, 0.2) is 0 Å². The molecule has 1 unspecified atom stereocenters. The molecule has 0 N–H and O–H groups in total. The second-order valence-corrected chi connectivity index (χ2v) is 4.28. The van der Waals surface area contributed by atoms with Gasteiger partial charge >= 0.3 is 0 Å². The minimum Gasteiger partial charge on any atom is -0.347 e. The van der Waals surface area contributed by atoms with E-state index in [4.69, 9.17) is 0 Å². The lowest BCUT2D eigenvalue weighted by Gasteiger charge is -2.21. The van der Waals surface area contributed by atoms with Gasteiger partial charge in [0.05, 0.1) is 5.52 Å². The molecule has 1 aliphatic rings. The molecule has 0 radical (unpaired) electrons. The zero-order chi connectivity index (χ0) is 9.71. The van der Waals surface area contributed by atoms with E-state index in [2.05, 4.69) is 17.7 Å². The smallest absolute Gasteiger partial charge is 0.124 e. The van der Waals surface area contributed by atoms with Crippen LogP contribution in [0.3, 0.4) is 0 Å². The van der Waals surface area contributed by atoms with Crippen molar-refractivity contribution in [2.24, 2.45) is 5.92 Å². The van der Waals surface area contributed by atoms with Gasteiger partial charge in [-0.05, 0) is 36.1 Å². The first kappa shape index (κ1) is 8.04. The van der Waals surface area contributed by atoms with Crippen LogP contribution < -0.4 is 0 Å². The fourth-order valence-corrected chi connectivity index (χ4v) is 2.48. The van der Waals surface area contributed by atoms with E-state index in [1.54, 1.807) is 12.1 Å². The Balaban J connectivity index is 2.38. The van der Waals surface area contributed by atoms with Crippen LogP contribution in [0, 0.1) is 11.7 Å². The normalized spacial score (nSPS) is 20.3. The number of hydrogen-bond acceptors (Lipinski definition) is 0. The minimum absolute atomic E-state index is 0.112. The lowest BCUT2D eigenvalue weighted by Crippen LogP contribution is -2.15. The maximum Gasteiger partial charge on any atom is 0.124 e. The molecule has 0 bridgehead atoms. The van der Waals surface area contributed by atoms with Crippen molar-refractivity contribution < 1.29 is 4.39 Å². The fraction of sp³-hybridized carbons (Fsp3) is 0.333. The molecular formula is C12H12FN. The van der Waals surface area contributed by atoms with Crippen molar-refractivity contribution in [3.05, 3.63) is 35.8 Å². The van der Waals surface area contributed by atoms with Gasteiger partial charge in [0.2, 0.25) is 0 Å². The van der Waals surface area contributed by atoms with Gasteiger partial charge in [-0.25, -0.2) is 4.39 Å². The minimum atomic E-state index is -0.112. The average molecular weight is 189 g/mol. The number of rotatable bonds is 0. The van der Waals surface area contributed by atoms with Crippen LogP contribution in [0.25, 0.3) is 10.9 Å². The zero-order valence-corrected chi connectivity index (χ0v) is 8.13. The molecule has 14 heavy (non-hydrogen) atoms. The van der Waals surface area contributed by atoms with E-state index in [1.165, 1.54) is 5.52 Å². The Kier molecular flexibility index (Phi) is 1.49. The van der Waals surface area contributed by atoms with Crippen LogP contribution in [0.2, 0.25) is 0 Å². The van der Waals surface area contributed by atoms with Crippen molar-refractivity contribution in [2.45, 2.75) is 19.9 Å². The number of halogens is 1. The van der Waals surface area contributed by atoms with Gasteiger partial charge in [0, 0.05) is 18.1 Å². The third-order valence-corrected chi connectivity index (χ3v) is 2.98. The summed E-state index contributed by atoms with van der Waals surface area (Å²) in [7, 11) is 0. The number of aromatic nitrogens is 1. The van der Waals surface area contributed by atoms with Crippen LogP contribution in [0.15, 0.2) is 24.4 Å². The molecule has 1 atom stereocenters. The van der Waals surface area contributed by atoms with Crippen LogP contribution in [0.1, 0.15) is 12.5 Å². The standard InChI is InChI=1S/C12H12FN/c1-8-4-10-6-11(13)5-9-2-3-14(7-8)12(9)10/h2-3,5-6,8H,4,7H2,1H3. The molecule has 0 amide bonds. The highest BCUT2D eigenvalue weighted by molar-refractivity contribution is 5.84. The molecule has 2 aromatic rings. The van der Waals surface area contributed by atoms with Crippen molar-refractivity contribution in [2.75, 3.05) is 0 Å². The second-order valence-electron chi connectivity index (χ2n) is 4.28. The molecule has 0 fully saturated rings. The van der Waals surface area contributed by atoms with E-state index in [1.807, 2.05) is 6.07 Å². The van der Waals surface area contributed by atoms with Gasteiger partial charge in [0.25, 0.3) is 0 Å². The SMILES string of the molecule is CC1Cc2cc(F)cc3ccn(c23)C1. The van der Waals surface area contributed by atoms with Crippen molar-refractivity contribution in [3.63, 3.8) is 0 Å². The van der Waals surface area contributed by atoms with Gasteiger partial charge in [-0.2, -0.15) is 0 Å². The summed E-state index contributed by atoms with van der Waals surface area (Å²) in [4.78, 5) is 0. The molecular weight excluding hydrogens is 177 g/mol. The number of benzene rings is 1. The summed E-state index contributed by atoms with van der Waals surface area (Å²) in [6.07, 6.45) is 3.06. The quantitative estimate of drug-likeness (QED) is 0.600. The highest BCUT2D eigenvalue weighted by atomic mass is 19.1. The maximum atomic E-state index is 13.2. The largest absolute Gasteiger partial charge is 0.347 e. The van der Waals surface area contributed by atoms with Crippen molar-refractivity contribution in [3.8, 4) is 0 Å². The number of hydrogen-bond donors (Lipinski definition) is 0. The Morgan fingerprint density at radius 3 is 3.14 bits per heavy atom. The first-order valence-corrected chi connectivity index (χ1v) is 5.01. The van der Waals surface area contributed by atoms with E-state index in [0.717, 1.165) is 23.9 Å². The summed E-state index contributed by atoms with van der Waals surface area (Å²) in [5.74, 6) is 0.499. The molecule has 0 spiro atoms. The molecule has 1 aliphatic heterocycles. The van der Waals surface area contributed by atoms with Gasteiger partial charge in [-0.1, -0.05) is 6.92 Å². The van der Waals surface area contributed by atoms with Gasteiger partial charge in [0.1, 0.15) is 5.82 Å². The predicted molar refractivity (Wildman–Crippen MR) is 54.8 cm³/mol. The summed E-state index contributed by atoms with van der Waals surface area (Å²) < 4.78 is 15.5. The molecule has 1 nitrogen and oxygen atoms in total. The lowest BCUT2D eigenvalue weighted by molar-refractivity contribution is 0.469. The van der Waals surface area contributed by atoms with E-state index in [9.17, 15) is 4.39 Å². The summed E-state index contributed by atoms with van der Waals surface area (Å²) in [6.45, 7) is 3.27. The Morgan fingerprint density at radius 1 is 1.43 bits per heavy atom. The summed E-state index contributed by atoms with van der Waals surface area (Å²) in [5, 5.41) is 1.03. The van der Waals surface area contributed by atoms with E-state index >= 15 is 0 Å². The van der Waals surface area contributed by atoms with E-state index in [0.29, 0.717) is 5.92 Å². The molecule has 2 heterocycles. The Labute approximate surface area is 82.2 Å². The van der Waals surface area contributed by atoms with Gasteiger partial charge in [-0.15, -0.1) is 0 Å². The predicted octanol–water partition coefficient (Wildman–Crippen LogP) is 2.97. The van der Waals surface area contributed by atoms with Crippen LogP contribution in [0.5, 0.6) is 0 Å². The first-order valence-electron chi connectivity index (χ1n) is 5.01. The molecule has 1 aromatic heterocycles. The Morgan fingerprint density at radius 2 is 2.29 bits per heavy atom. The van der Waals surface area contributed by atoms with Crippen molar-refractivity contribution in [1.29, 1.82) is 0 Å². The number of nitrogens with zero attached hydrogens (tertiary/aromatic N) is 1. The lowest BCUT2D eigenvalue weighted by atomic mass is 9.96. The summed E-state index contributed by atoms with van der Waals surface area (Å²) >= 11 is 0. The Bertz CT molecular complexity index is 498. The highest BCUT2D eigenvalue weighted by Crippen LogP contribution is 2.29. The highest BCUT2D eigenvalue weighted by Gasteiger charge is 2.17. The second kappa shape index (κ2) is 2.59. The third kappa shape index (κ3) is 0.999. The molecule has 0 aliphatic carbocycles. The van der Waals surface area contributed by atoms with Crippen LogP contribution in [-0.2, 0) is 13.0 Å². The molecule has 3 rings (SSSR count). The van der Waals surface area contributed by atoms with Crippen LogP contribution in [-0.4, -0.2) is 4.57 Å². The van der Waals surface area contributed by atoms with Crippen LogP contribution in [0.4, 0.5) is 4.39 Å². The zero-order valence-electron chi connectivity index (χ0n) is 8.13. The van der Waals surface area contributed by atoms with Crippen molar-refractivity contribution >= 4 is 10.9 Å². The summed E-state index contributed by atoms with van der Waals surface area (Å²) in [6, 6.07) is 5.29. The molecule has 0 saturated heterocycles. The molecule has 72 valence electrons. The molecule has 1 aromatic carbocycles. The molecule has 2 heteroatoms. The fourth-order valence-electron chi connectivity index (χ4n) is 2.48. The van der Waals surface area contributed by atoms with Crippen LogP contribution >= 0.6 is 0 Å².